The van der Waals surface area contributed by atoms with Gasteiger partial charge in [0.15, 0.2) is 11.5 Å². The predicted molar refractivity (Wildman–Crippen MR) is 108 cm³/mol. The number of carbonyl (C=O) groups is 2. The molecule has 2 aromatic rings. The summed E-state index contributed by atoms with van der Waals surface area (Å²) < 4.78 is 15.8. The number of nitrogens with one attached hydrogen (secondary N) is 1. The molecule has 2 aliphatic heterocycles. The summed E-state index contributed by atoms with van der Waals surface area (Å²) in [6.07, 6.45) is 3.64. The van der Waals surface area contributed by atoms with E-state index in [0.29, 0.717) is 31.0 Å². The molecule has 2 amide bonds. The van der Waals surface area contributed by atoms with Crippen LogP contribution in [-0.4, -0.2) is 38.8 Å². The van der Waals surface area contributed by atoms with E-state index in [4.69, 9.17) is 14.2 Å². The van der Waals surface area contributed by atoms with Crippen LogP contribution in [0.15, 0.2) is 48.5 Å². The molecule has 1 fully saturated rings. The van der Waals surface area contributed by atoms with Gasteiger partial charge in [-0.15, -0.1) is 0 Å². The summed E-state index contributed by atoms with van der Waals surface area (Å²) in [5, 5.41) is 2.88. The monoisotopic (exact) mass is 394 g/mol. The average Bonchev–Trinajstić information content (AvgIpc) is 3.36. The summed E-state index contributed by atoms with van der Waals surface area (Å²) in [7, 11) is 1.61. The van der Waals surface area contributed by atoms with Crippen molar-refractivity contribution in [3.05, 3.63) is 54.1 Å². The molecular formula is C22H22N2O5. The Morgan fingerprint density at radius 1 is 1.21 bits per heavy atom. The lowest BCUT2D eigenvalue weighted by molar-refractivity contribution is -0.118. The van der Waals surface area contributed by atoms with Crippen molar-refractivity contribution in [2.24, 2.45) is 5.92 Å². The van der Waals surface area contributed by atoms with Gasteiger partial charge in [0.05, 0.1) is 7.11 Å². The van der Waals surface area contributed by atoms with Crippen LogP contribution in [0.4, 0.5) is 5.69 Å². The summed E-state index contributed by atoms with van der Waals surface area (Å²) in [4.78, 5) is 26.2. The van der Waals surface area contributed by atoms with E-state index in [2.05, 4.69) is 5.32 Å². The number of anilines is 1. The molecule has 0 aliphatic carbocycles. The quantitative estimate of drug-likeness (QED) is 0.762. The van der Waals surface area contributed by atoms with Crippen molar-refractivity contribution in [2.45, 2.75) is 6.42 Å². The Morgan fingerprint density at radius 2 is 2.00 bits per heavy atom. The van der Waals surface area contributed by atoms with Gasteiger partial charge in [0.25, 0.3) is 0 Å². The highest BCUT2D eigenvalue weighted by Gasteiger charge is 2.31. The molecule has 0 saturated carbocycles. The second-order valence-electron chi connectivity index (χ2n) is 6.96. The lowest BCUT2D eigenvalue weighted by Gasteiger charge is -2.17. The summed E-state index contributed by atoms with van der Waals surface area (Å²) in [5.41, 5.74) is 1.69. The number of fused-ring (bicyclic) bond motifs is 1. The number of carbonyl (C=O) groups excluding carboxylic acids is 2. The van der Waals surface area contributed by atoms with Gasteiger partial charge in [0, 0.05) is 43.3 Å². The SMILES string of the molecule is COc1ccc(/C=C\C(=O)NC[C@H]2CC(=O)N(c3ccc4c(c3)OCO4)C2)cc1. The minimum Gasteiger partial charge on any atom is -0.497 e. The Labute approximate surface area is 168 Å². The van der Waals surface area contributed by atoms with Crippen LogP contribution in [0.5, 0.6) is 17.2 Å². The minimum absolute atomic E-state index is 0.0388. The third kappa shape index (κ3) is 4.34. The fourth-order valence-corrected chi connectivity index (χ4v) is 3.41. The van der Waals surface area contributed by atoms with Gasteiger partial charge in [-0.25, -0.2) is 0 Å². The van der Waals surface area contributed by atoms with Gasteiger partial charge in [-0.05, 0) is 35.9 Å². The molecule has 150 valence electrons. The minimum atomic E-state index is -0.185. The Bertz CT molecular complexity index is 939. The van der Waals surface area contributed by atoms with E-state index >= 15 is 0 Å². The van der Waals surface area contributed by atoms with Crippen LogP contribution in [0, 0.1) is 5.92 Å². The van der Waals surface area contributed by atoms with E-state index in [1.54, 1.807) is 18.1 Å². The fraction of sp³-hybridized carbons (Fsp3) is 0.273. The number of hydrogen-bond acceptors (Lipinski definition) is 5. The van der Waals surface area contributed by atoms with Crippen molar-refractivity contribution in [1.82, 2.24) is 5.32 Å². The van der Waals surface area contributed by atoms with Gasteiger partial charge in [0.2, 0.25) is 18.6 Å². The number of methoxy groups -OCH3 is 1. The molecule has 0 unspecified atom stereocenters. The van der Waals surface area contributed by atoms with Crippen molar-refractivity contribution < 1.29 is 23.8 Å². The van der Waals surface area contributed by atoms with E-state index in [9.17, 15) is 9.59 Å². The lowest BCUT2D eigenvalue weighted by atomic mass is 10.1. The summed E-state index contributed by atoms with van der Waals surface area (Å²) in [6.45, 7) is 1.20. The van der Waals surface area contributed by atoms with Gasteiger partial charge in [-0.2, -0.15) is 0 Å². The van der Waals surface area contributed by atoms with Crippen molar-refractivity contribution in [3.8, 4) is 17.2 Å². The standard InChI is InChI=1S/C22H22N2O5/c1-27-18-6-2-15(3-7-18)4-9-21(25)23-12-16-10-22(26)24(13-16)17-5-8-19-20(11-17)29-14-28-19/h2-9,11,16H,10,12-14H2,1H3,(H,23,25)/b9-4-/t16-/m1/s1. The number of rotatable bonds is 6. The molecule has 0 bridgehead atoms. The topological polar surface area (TPSA) is 77.1 Å². The van der Waals surface area contributed by atoms with Crippen LogP contribution in [0.3, 0.4) is 0 Å². The smallest absolute Gasteiger partial charge is 0.244 e. The molecule has 0 aromatic heterocycles. The molecule has 0 spiro atoms. The molecule has 7 heteroatoms. The van der Waals surface area contributed by atoms with E-state index < -0.39 is 0 Å². The van der Waals surface area contributed by atoms with Crippen LogP contribution in [0.25, 0.3) is 6.08 Å². The Balaban J connectivity index is 1.29. The maximum absolute atomic E-state index is 12.4. The molecule has 29 heavy (non-hydrogen) atoms. The highest BCUT2D eigenvalue weighted by molar-refractivity contribution is 5.96. The number of hydrogen-bond donors (Lipinski definition) is 1. The number of benzene rings is 2. The second-order valence-corrected chi connectivity index (χ2v) is 6.96. The van der Waals surface area contributed by atoms with Crippen LogP contribution in [-0.2, 0) is 9.59 Å². The zero-order valence-corrected chi connectivity index (χ0v) is 16.1. The second kappa shape index (κ2) is 8.26. The third-order valence-corrected chi connectivity index (χ3v) is 4.98. The van der Waals surface area contributed by atoms with Gasteiger partial charge >= 0.3 is 0 Å². The molecular weight excluding hydrogens is 372 g/mol. The summed E-state index contributed by atoms with van der Waals surface area (Å²) in [5.74, 6) is 2.02. The Morgan fingerprint density at radius 3 is 2.79 bits per heavy atom. The number of nitrogens with zero attached hydrogens (tertiary/aromatic N) is 1. The molecule has 2 aromatic carbocycles. The number of ether oxygens (including phenoxy) is 3. The van der Waals surface area contributed by atoms with Crippen molar-refractivity contribution >= 4 is 23.6 Å². The first-order valence-corrected chi connectivity index (χ1v) is 9.42. The van der Waals surface area contributed by atoms with E-state index in [1.165, 1.54) is 6.08 Å². The first-order valence-electron chi connectivity index (χ1n) is 9.42. The zero-order chi connectivity index (χ0) is 20.2. The van der Waals surface area contributed by atoms with Crippen LogP contribution < -0.4 is 24.4 Å². The molecule has 1 saturated heterocycles. The molecule has 4 rings (SSSR count). The molecule has 0 radical (unpaired) electrons. The maximum atomic E-state index is 12.4. The van der Waals surface area contributed by atoms with Crippen LogP contribution in [0.1, 0.15) is 12.0 Å². The van der Waals surface area contributed by atoms with E-state index in [1.807, 2.05) is 42.5 Å². The maximum Gasteiger partial charge on any atom is 0.244 e. The fourth-order valence-electron chi connectivity index (χ4n) is 3.41. The molecule has 7 nitrogen and oxygen atoms in total. The summed E-state index contributed by atoms with van der Waals surface area (Å²) >= 11 is 0. The van der Waals surface area contributed by atoms with Crippen LogP contribution >= 0.6 is 0 Å². The molecule has 2 heterocycles. The van der Waals surface area contributed by atoms with Gasteiger partial charge < -0.3 is 24.4 Å². The average molecular weight is 394 g/mol. The Kier molecular flexibility index (Phi) is 5.37. The van der Waals surface area contributed by atoms with Crippen molar-refractivity contribution in [1.29, 1.82) is 0 Å². The van der Waals surface area contributed by atoms with Crippen molar-refractivity contribution in [3.63, 3.8) is 0 Å². The highest BCUT2D eigenvalue weighted by Crippen LogP contribution is 2.37. The number of amides is 2. The lowest BCUT2D eigenvalue weighted by Crippen LogP contribution is -2.30. The molecule has 1 atom stereocenters. The first-order chi connectivity index (χ1) is 14.1. The van der Waals surface area contributed by atoms with Gasteiger partial charge in [0.1, 0.15) is 5.75 Å². The normalized spacial score (nSPS) is 17.8. The highest BCUT2D eigenvalue weighted by atomic mass is 16.7. The predicted octanol–water partition coefficient (Wildman–Crippen LogP) is 2.61. The van der Waals surface area contributed by atoms with E-state index in [-0.39, 0.29) is 24.5 Å². The third-order valence-electron chi connectivity index (χ3n) is 4.98. The zero-order valence-electron chi connectivity index (χ0n) is 16.1. The van der Waals surface area contributed by atoms with Crippen LogP contribution in [0.2, 0.25) is 0 Å². The van der Waals surface area contributed by atoms with E-state index in [0.717, 1.165) is 17.0 Å². The Hall–Kier alpha value is -3.48. The summed E-state index contributed by atoms with van der Waals surface area (Å²) in [6, 6.07) is 12.9. The van der Waals surface area contributed by atoms with Crippen molar-refractivity contribution in [2.75, 3.05) is 31.9 Å². The first kappa shape index (κ1) is 18.9. The molecule has 2 aliphatic rings. The van der Waals surface area contributed by atoms with Gasteiger partial charge in [-0.1, -0.05) is 12.1 Å². The largest absolute Gasteiger partial charge is 0.497 e. The molecule has 1 N–H and O–H groups in total. The van der Waals surface area contributed by atoms with Gasteiger partial charge in [-0.3, -0.25) is 9.59 Å².